The maximum absolute atomic E-state index is 5.35. The van der Waals surface area contributed by atoms with E-state index in [2.05, 4.69) is 121 Å². The summed E-state index contributed by atoms with van der Waals surface area (Å²) in [5.74, 6) is 0. The average molecular weight is 556 g/mol. The molecule has 8 rings (SSSR count). The van der Waals surface area contributed by atoms with E-state index in [0.717, 1.165) is 37.9 Å². The van der Waals surface area contributed by atoms with E-state index < -0.39 is 0 Å². The highest BCUT2D eigenvalue weighted by Crippen LogP contribution is 2.56. The predicted octanol–water partition coefficient (Wildman–Crippen LogP) is 10.5. The number of aryl methyl sites for hydroxylation is 1. The molecule has 0 N–H and O–H groups in total. The SMILES string of the molecule is Cc1c2nc(-c3ccccc3)sc2c(N2c3ccccc3Sc3ccccc32)c2nc(-c3ccccc3)sc12. The molecule has 1 aliphatic heterocycles. The van der Waals surface area contributed by atoms with Gasteiger partial charge in [-0.2, -0.15) is 0 Å². The molecule has 0 atom stereocenters. The average Bonchev–Trinajstić information content (AvgIpc) is 3.64. The normalized spacial score (nSPS) is 12.6. The van der Waals surface area contributed by atoms with Crippen LogP contribution in [0.1, 0.15) is 5.56 Å². The van der Waals surface area contributed by atoms with Crippen LogP contribution in [0.15, 0.2) is 119 Å². The molecule has 3 nitrogen and oxygen atoms in total. The van der Waals surface area contributed by atoms with Gasteiger partial charge in [0, 0.05) is 20.9 Å². The molecule has 0 radical (unpaired) electrons. The van der Waals surface area contributed by atoms with Crippen molar-refractivity contribution < 1.29 is 0 Å². The van der Waals surface area contributed by atoms with Crippen molar-refractivity contribution in [3.63, 3.8) is 0 Å². The third-order valence-corrected chi connectivity index (χ3v) is 10.6. The van der Waals surface area contributed by atoms with Gasteiger partial charge in [0.25, 0.3) is 0 Å². The van der Waals surface area contributed by atoms with E-state index >= 15 is 0 Å². The summed E-state index contributed by atoms with van der Waals surface area (Å²) in [6.07, 6.45) is 0. The highest BCUT2D eigenvalue weighted by Gasteiger charge is 2.30. The highest BCUT2D eigenvalue weighted by molar-refractivity contribution is 7.99. The maximum atomic E-state index is 5.35. The van der Waals surface area contributed by atoms with Crippen LogP contribution in [0.2, 0.25) is 0 Å². The van der Waals surface area contributed by atoms with E-state index in [1.54, 1.807) is 22.7 Å². The second kappa shape index (κ2) is 9.06. The minimum Gasteiger partial charge on any atom is -0.305 e. The molecule has 39 heavy (non-hydrogen) atoms. The predicted molar refractivity (Wildman–Crippen MR) is 167 cm³/mol. The first-order valence-electron chi connectivity index (χ1n) is 12.8. The van der Waals surface area contributed by atoms with Gasteiger partial charge in [-0.25, -0.2) is 9.97 Å². The molecule has 0 spiro atoms. The van der Waals surface area contributed by atoms with Crippen LogP contribution in [-0.2, 0) is 0 Å². The number of nitrogens with zero attached hydrogens (tertiary/aromatic N) is 3. The molecule has 0 amide bonds. The van der Waals surface area contributed by atoms with Crippen molar-refractivity contribution in [3.05, 3.63) is 115 Å². The van der Waals surface area contributed by atoms with E-state index in [1.165, 1.54) is 36.1 Å². The third kappa shape index (κ3) is 3.63. The fourth-order valence-corrected chi connectivity index (χ4v) is 8.54. The van der Waals surface area contributed by atoms with Crippen LogP contribution in [0.5, 0.6) is 0 Å². The van der Waals surface area contributed by atoms with Crippen LogP contribution in [-0.4, -0.2) is 9.97 Å². The summed E-state index contributed by atoms with van der Waals surface area (Å²) in [7, 11) is 0. The molecule has 0 aliphatic carbocycles. The summed E-state index contributed by atoms with van der Waals surface area (Å²) in [5, 5.41) is 2.06. The summed E-state index contributed by atoms with van der Waals surface area (Å²) < 4.78 is 2.36. The van der Waals surface area contributed by atoms with Crippen LogP contribution in [0.3, 0.4) is 0 Å². The molecule has 0 bridgehead atoms. The zero-order chi connectivity index (χ0) is 25.9. The molecule has 2 aromatic heterocycles. The minimum absolute atomic E-state index is 1.03. The summed E-state index contributed by atoms with van der Waals surface area (Å²) >= 11 is 5.35. The first-order valence-corrected chi connectivity index (χ1v) is 15.2. The van der Waals surface area contributed by atoms with Gasteiger partial charge in [-0.05, 0) is 36.8 Å². The zero-order valence-electron chi connectivity index (χ0n) is 21.0. The monoisotopic (exact) mass is 555 g/mol. The Labute approximate surface area is 238 Å². The van der Waals surface area contributed by atoms with Gasteiger partial charge in [-0.15, -0.1) is 22.7 Å². The molecule has 1 aliphatic rings. The van der Waals surface area contributed by atoms with Gasteiger partial charge in [-0.3, -0.25) is 0 Å². The van der Waals surface area contributed by atoms with Gasteiger partial charge in [0.1, 0.15) is 15.5 Å². The quantitative estimate of drug-likeness (QED) is 0.217. The number of thiazole rings is 2. The highest BCUT2D eigenvalue weighted by atomic mass is 32.2. The van der Waals surface area contributed by atoms with E-state index in [9.17, 15) is 0 Å². The first kappa shape index (κ1) is 23.0. The zero-order valence-corrected chi connectivity index (χ0v) is 23.4. The van der Waals surface area contributed by atoms with Gasteiger partial charge in [0.2, 0.25) is 0 Å². The number of rotatable bonds is 3. The van der Waals surface area contributed by atoms with Crippen molar-refractivity contribution in [2.45, 2.75) is 16.7 Å². The molecule has 0 fully saturated rings. The number of aromatic nitrogens is 2. The van der Waals surface area contributed by atoms with E-state index in [0.29, 0.717) is 0 Å². The van der Waals surface area contributed by atoms with Crippen LogP contribution in [0.4, 0.5) is 17.1 Å². The number of benzene rings is 5. The Balaban J connectivity index is 1.50. The topological polar surface area (TPSA) is 29.0 Å². The lowest BCUT2D eigenvalue weighted by Crippen LogP contribution is -2.15. The Morgan fingerprint density at radius 2 is 1.03 bits per heavy atom. The Morgan fingerprint density at radius 1 is 0.538 bits per heavy atom. The smallest absolute Gasteiger partial charge is 0.124 e. The summed E-state index contributed by atoms with van der Waals surface area (Å²) in [5.41, 5.74) is 9.02. The molecule has 3 heterocycles. The van der Waals surface area contributed by atoms with Crippen molar-refractivity contribution in [2.75, 3.05) is 4.90 Å². The molecular formula is C33H21N3S3. The van der Waals surface area contributed by atoms with E-state index in [1.807, 2.05) is 11.8 Å². The van der Waals surface area contributed by atoms with Crippen molar-refractivity contribution in [3.8, 4) is 21.1 Å². The van der Waals surface area contributed by atoms with Crippen LogP contribution in [0, 0.1) is 6.92 Å². The van der Waals surface area contributed by atoms with Crippen molar-refractivity contribution in [2.24, 2.45) is 0 Å². The van der Waals surface area contributed by atoms with E-state index in [4.69, 9.17) is 9.97 Å². The lowest BCUT2D eigenvalue weighted by molar-refractivity contribution is 1.18. The minimum atomic E-state index is 1.03. The molecule has 6 heteroatoms. The molecule has 186 valence electrons. The second-order valence-corrected chi connectivity index (χ2v) is 12.6. The Kier molecular flexibility index (Phi) is 5.33. The van der Waals surface area contributed by atoms with Gasteiger partial charge in [0.05, 0.1) is 32.0 Å². The number of hydrogen-bond donors (Lipinski definition) is 0. The number of hydrogen-bond acceptors (Lipinski definition) is 6. The fraction of sp³-hybridized carbons (Fsp3) is 0.0303. The van der Waals surface area contributed by atoms with Gasteiger partial charge in [-0.1, -0.05) is 96.7 Å². The van der Waals surface area contributed by atoms with Crippen molar-refractivity contribution in [1.82, 2.24) is 9.97 Å². The molecule has 0 saturated carbocycles. The molecular weight excluding hydrogens is 535 g/mol. The Morgan fingerprint density at radius 3 is 1.62 bits per heavy atom. The standard InChI is InChI=1S/C33H21N3S3/c1-20-27-31(39-32(34-27)21-12-4-2-5-13-21)29(28-30(20)38-33(35-28)22-14-6-3-7-15-22)36-23-16-8-10-18-25(23)37-26-19-11-9-17-24(26)36/h2-19H,1H3. The molecule has 7 aromatic rings. The first-order chi connectivity index (χ1) is 19.3. The van der Waals surface area contributed by atoms with Gasteiger partial charge >= 0.3 is 0 Å². The van der Waals surface area contributed by atoms with E-state index in [-0.39, 0.29) is 0 Å². The fourth-order valence-electron chi connectivity index (χ4n) is 5.25. The third-order valence-electron chi connectivity index (χ3n) is 7.09. The van der Waals surface area contributed by atoms with Crippen molar-refractivity contribution in [1.29, 1.82) is 0 Å². The Bertz CT molecular complexity index is 1870. The number of para-hydroxylation sites is 2. The summed E-state index contributed by atoms with van der Waals surface area (Å²) in [6.45, 7) is 2.20. The van der Waals surface area contributed by atoms with Crippen LogP contribution in [0.25, 0.3) is 41.6 Å². The molecule has 0 saturated heterocycles. The maximum Gasteiger partial charge on any atom is 0.124 e. The van der Waals surface area contributed by atoms with Crippen molar-refractivity contribution >= 4 is 71.9 Å². The Hall–Kier alpha value is -3.97. The lowest BCUT2D eigenvalue weighted by atomic mass is 10.1. The second-order valence-electron chi connectivity index (χ2n) is 9.47. The van der Waals surface area contributed by atoms with Gasteiger partial charge < -0.3 is 4.90 Å². The summed E-state index contributed by atoms with van der Waals surface area (Å²) in [4.78, 5) is 15.5. The number of fused-ring (bicyclic) bond motifs is 4. The molecule has 0 unspecified atom stereocenters. The van der Waals surface area contributed by atoms with Gasteiger partial charge in [0.15, 0.2) is 0 Å². The van der Waals surface area contributed by atoms with Crippen LogP contribution >= 0.6 is 34.4 Å². The summed E-state index contributed by atoms with van der Waals surface area (Å²) in [6, 6.07) is 38.4. The lowest BCUT2D eigenvalue weighted by Gasteiger charge is -2.33. The number of anilines is 3. The van der Waals surface area contributed by atoms with Crippen LogP contribution < -0.4 is 4.90 Å². The molecule has 5 aromatic carbocycles. The largest absolute Gasteiger partial charge is 0.305 e.